The first-order chi connectivity index (χ1) is 11.6. The molecule has 0 saturated heterocycles. The predicted octanol–water partition coefficient (Wildman–Crippen LogP) is 4.72. The van der Waals surface area contributed by atoms with Gasteiger partial charge >= 0.3 is 0 Å². The average Bonchev–Trinajstić information content (AvgIpc) is 2.50. The molecule has 1 unspecified atom stereocenters. The highest BCUT2D eigenvalue weighted by Crippen LogP contribution is 2.33. The number of carbonyl (C=O) groups excluding carboxylic acids is 1. The molecule has 2 aromatic carbocycles. The molecule has 0 fully saturated rings. The Labute approximate surface area is 162 Å². The van der Waals surface area contributed by atoms with Crippen molar-refractivity contribution in [3.05, 3.63) is 57.6 Å². The topological polar surface area (TPSA) is 54.5 Å². The summed E-state index contributed by atoms with van der Waals surface area (Å²) in [5.41, 5.74) is 3.03. The third-order valence-corrected chi connectivity index (χ3v) is 6.64. The number of hydrogen-bond acceptors (Lipinski definition) is 3. The largest absolute Gasteiger partial charge is 0.279 e. The van der Waals surface area contributed by atoms with Crippen LogP contribution in [0.5, 0.6) is 0 Å². The van der Waals surface area contributed by atoms with Crippen LogP contribution in [0.2, 0.25) is 0 Å². The highest BCUT2D eigenvalue weighted by atomic mass is 79.9. The van der Waals surface area contributed by atoms with Gasteiger partial charge in [-0.15, -0.1) is 0 Å². The second kappa shape index (κ2) is 7.48. The van der Waals surface area contributed by atoms with Crippen LogP contribution in [0.25, 0.3) is 0 Å². The Morgan fingerprint density at radius 2 is 1.56 bits per heavy atom. The van der Waals surface area contributed by atoms with Gasteiger partial charge in [-0.1, -0.05) is 33.6 Å². The molecular weight excluding hydrogens is 426 g/mol. The lowest BCUT2D eigenvalue weighted by Crippen LogP contribution is -2.42. The zero-order chi connectivity index (χ0) is 18.9. The lowest BCUT2D eigenvalue weighted by atomic mass is 10.0. The number of rotatable bonds is 5. The molecule has 0 amide bonds. The van der Waals surface area contributed by atoms with Crippen LogP contribution in [-0.4, -0.2) is 19.7 Å². The lowest BCUT2D eigenvalue weighted by molar-refractivity contribution is -0.112. The molecule has 4 nitrogen and oxygen atoms in total. The van der Waals surface area contributed by atoms with Crippen LogP contribution in [0, 0.1) is 20.8 Å². The molecule has 1 atom stereocenters. The van der Waals surface area contributed by atoms with Crippen molar-refractivity contribution in [3.63, 3.8) is 0 Å². The van der Waals surface area contributed by atoms with Crippen LogP contribution in [-0.2, 0) is 14.8 Å². The van der Waals surface area contributed by atoms with E-state index in [1.165, 1.54) is 19.1 Å². The molecule has 0 aliphatic rings. The van der Waals surface area contributed by atoms with Gasteiger partial charge in [0.2, 0.25) is 5.24 Å². The summed E-state index contributed by atoms with van der Waals surface area (Å²) in [6, 6.07) is 9.03. The Morgan fingerprint density at radius 1 is 1.08 bits per heavy atom. The maximum atomic E-state index is 13.3. The summed E-state index contributed by atoms with van der Waals surface area (Å²) in [7, 11) is -3.97. The Hall–Kier alpha value is -1.37. The summed E-state index contributed by atoms with van der Waals surface area (Å²) in [6.45, 7) is 7.08. The second-order valence-electron chi connectivity index (χ2n) is 5.98. The summed E-state index contributed by atoms with van der Waals surface area (Å²) in [5.74, 6) is 0. The fourth-order valence-electron chi connectivity index (χ4n) is 2.85. The maximum Gasteiger partial charge on any atom is 0.265 e. The maximum absolute atomic E-state index is 13.3. The normalized spacial score (nSPS) is 12.7. The van der Waals surface area contributed by atoms with Gasteiger partial charge in [-0.05, 0) is 74.7 Å². The predicted molar refractivity (Wildman–Crippen MR) is 105 cm³/mol. The monoisotopic (exact) mass is 443 g/mol. The standard InChI is InChI=1S/C18H19BrClNO3S/c1-11-9-12(2)17(13(3)10-11)21(14(4)18(20)22)25(23,24)16-7-5-15(19)6-8-16/h5-10,14H,1-4H3. The minimum atomic E-state index is -3.97. The summed E-state index contributed by atoms with van der Waals surface area (Å²) >= 11 is 8.97. The molecular formula is C18H19BrClNO3S. The van der Waals surface area contributed by atoms with E-state index in [0.717, 1.165) is 25.5 Å². The van der Waals surface area contributed by atoms with E-state index in [0.29, 0.717) is 5.69 Å². The van der Waals surface area contributed by atoms with Gasteiger partial charge in [0.1, 0.15) is 6.04 Å². The van der Waals surface area contributed by atoms with Gasteiger partial charge in [0.25, 0.3) is 10.0 Å². The highest BCUT2D eigenvalue weighted by Gasteiger charge is 2.34. The first-order valence-corrected chi connectivity index (χ1v) is 10.2. The second-order valence-corrected chi connectivity index (χ2v) is 9.09. The Balaban J connectivity index is 2.74. The van der Waals surface area contributed by atoms with E-state index in [4.69, 9.17) is 11.6 Å². The first kappa shape index (κ1) is 19.9. The Bertz CT molecular complexity index is 887. The zero-order valence-corrected chi connectivity index (χ0v) is 17.5. The van der Waals surface area contributed by atoms with Crippen molar-refractivity contribution < 1.29 is 13.2 Å². The molecule has 0 saturated carbocycles. The molecule has 0 aliphatic heterocycles. The van der Waals surface area contributed by atoms with E-state index in [1.807, 2.05) is 32.9 Å². The van der Waals surface area contributed by atoms with E-state index in [1.54, 1.807) is 12.1 Å². The van der Waals surface area contributed by atoms with E-state index in [9.17, 15) is 13.2 Å². The number of anilines is 1. The molecule has 0 radical (unpaired) electrons. The summed E-state index contributed by atoms with van der Waals surface area (Å²) < 4.78 is 28.4. The van der Waals surface area contributed by atoms with Gasteiger partial charge in [0.15, 0.2) is 0 Å². The SMILES string of the molecule is Cc1cc(C)c(N(C(C)C(=O)Cl)S(=O)(=O)c2ccc(Br)cc2)c(C)c1. The van der Waals surface area contributed by atoms with Gasteiger partial charge in [0.05, 0.1) is 10.6 Å². The van der Waals surface area contributed by atoms with E-state index in [2.05, 4.69) is 15.9 Å². The molecule has 2 aromatic rings. The molecule has 0 aromatic heterocycles. The van der Waals surface area contributed by atoms with E-state index < -0.39 is 21.3 Å². The molecule has 2 rings (SSSR count). The minimum absolute atomic E-state index is 0.0971. The molecule has 0 spiro atoms. The average molecular weight is 445 g/mol. The van der Waals surface area contributed by atoms with Crippen molar-refractivity contribution in [2.45, 2.75) is 38.6 Å². The summed E-state index contributed by atoms with van der Waals surface area (Å²) in [5, 5.41) is -0.736. The van der Waals surface area contributed by atoms with E-state index >= 15 is 0 Å². The summed E-state index contributed by atoms with van der Waals surface area (Å²) in [4.78, 5) is 11.9. The zero-order valence-electron chi connectivity index (χ0n) is 14.4. The van der Waals surface area contributed by atoms with E-state index in [-0.39, 0.29) is 4.90 Å². The Kier molecular flexibility index (Phi) is 5.97. The van der Waals surface area contributed by atoms with Crippen LogP contribution in [0.3, 0.4) is 0 Å². The smallest absolute Gasteiger partial charge is 0.265 e. The highest BCUT2D eigenvalue weighted by molar-refractivity contribution is 9.10. The van der Waals surface area contributed by atoms with Crippen molar-refractivity contribution in [1.29, 1.82) is 0 Å². The fourth-order valence-corrected chi connectivity index (χ4v) is 5.02. The first-order valence-electron chi connectivity index (χ1n) is 7.63. The van der Waals surface area contributed by atoms with Gasteiger partial charge in [-0.25, -0.2) is 8.42 Å². The van der Waals surface area contributed by atoms with Gasteiger partial charge in [-0.2, -0.15) is 0 Å². The number of benzene rings is 2. The summed E-state index contributed by atoms with van der Waals surface area (Å²) in [6.07, 6.45) is 0. The molecule has 7 heteroatoms. The van der Waals surface area contributed by atoms with Crippen LogP contribution in [0.4, 0.5) is 5.69 Å². The fraction of sp³-hybridized carbons (Fsp3) is 0.278. The van der Waals surface area contributed by atoms with Crippen LogP contribution in [0.1, 0.15) is 23.6 Å². The Morgan fingerprint density at radius 3 is 2.00 bits per heavy atom. The number of hydrogen-bond donors (Lipinski definition) is 0. The van der Waals surface area contributed by atoms with Gasteiger partial charge in [-0.3, -0.25) is 9.10 Å². The van der Waals surface area contributed by atoms with Gasteiger partial charge < -0.3 is 0 Å². The van der Waals surface area contributed by atoms with Crippen LogP contribution in [0.15, 0.2) is 45.8 Å². The van der Waals surface area contributed by atoms with Crippen LogP contribution >= 0.6 is 27.5 Å². The van der Waals surface area contributed by atoms with Crippen molar-refractivity contribution in [2.75, 3.05) is 4.31 Å². The number of aryl methyl sites for hydroxylation is 3. The number of nitrogens with zero attached hydrogens (tertiary/aromatic N) is 1. The number of halogens is 2. The minimum Gasteiger partial charge on any atom is -0.279 e. The van der Waals surface area contributed by atoms with Crippen molar-refractivity contribution >= 4 is 48.5 Å². The third kappa shape index (κ3) is 4.07. The molecule has 0 heterocycles. The third-order valence-electron chi connectivity index (χ3n) is 3.91. The van der Waals surface area contributed by atoms with Gasteiger partial charge in [0, 0.05) is 4.47 Å². The van der Waals surface area contributed by atoms with Crippen molar-refractivity contribution in [2.24, 2.45) is 0 Å². The van der Waals surface area contributed by atoms with Crippen molar-refractivity contribution in [1.82, 2.24) is 0 Å². The lowest BCUT2D eigenvalue weighted by Gasteiger charge is -2.31. The quantitative estimate of drug-likeness (QED) is 0.627. The number of carbonyl (C=O) groups is 1. The molecule has 25 heavy (non-hydrogen) atoms. The van der Waals surface area contributed by atoms with Crippen molar-refractivity contribution in [3.8, 4) is 0 Å². The number of sulfonamides is 1. The molecule has 0 bridgehead atoms. The molecule has 0 N–H and O–H groups in total. The molecule has 134 valence electrons. The molecule has 0 aliphatic carbocycles. The van der Waals surface area contributed by atoms with Crippen LogP contribution < -0.4 is 4.31 Å².